The number of hydrogen-bond acceptors (Lipinski definition) is 0. The van der Waals surface area contributed by atoms with Crippen LogP contribution in [0.1, 0.15) is 5.56 Å². The normalized spacial score (nSPS) is 9.80. The quantitative estimate of drug-likeness (QED) is 0.716. The Morgan fingerprint density at radius 2 is 2.10 bits per heavy atom. The fraction of sp³-hybridized carbons (Fsp3) is 0.143. The number of nitrogens with zero attached hydrogens (tertiary/aromatic N) is 1. The Kier molecular flexibility index (Phi) is 3.08. The van der Waals surface area contributed by atoms with Gasteiger partial charge in [0, 0.05) is 0 Å². The minimum absolute atomic E-state index is 0.178. The predicted molar refractivity (Wildman–Crippen MR) is 47.5 cm³/mol. The van der Waals surface area contributed by atoms with Crippen molar-refractivity contribution in [2.75, 3.05) is 0 Å². The summed E-state index contributed by atoms with van der Waals surface area (Å²) in [6.07, 6.45) is 0. The molecule has 0 aliphatic carbocycles. The lowest BCUT2D eigenvalue weighted by molar-refractivity contribution is 0.615. The Morgan fingerprint density at radius 1 is 1.40 bits per heavy atom. The highest BCUT2D eigenvalue weighted by Gasteiger charge is 1.92. The third-order valence-electron chi connectivity index (χ3n) is 1.19. The van der Waals surface area contributed by atoms with E-state index < -0.39 is 0 Å². The molecule has 0 saturated carbocycles. The van der Waals surface area contributed by atoms with Crippen molar-refractivity contribution in [3.8, 4) is 0 Å². The van der Waals surface area contributed by atoms with Crippen LogP contribution in [0.3, 0.4) is 0 Å². The number of rotatable bonds is 2. The molecule has 0 aliphatic heterocycles. The molecule has 0 spiro atoms. The van der Waals surface area contributed by atoms with E-state index in [4.69, 9.17) is 0 Å². The summed E-state index contributed by atoms with van der Waals surface area (Å²) in [4.78, 5) is 0. The molecule has 0 atom stereocenters. The molecule has 1 nitrogen and oxygen atoms in total. The number of hydrogen-bond donors (Lipinski definition) is 0. The highest BCUT2D eigenvalue weighted by Crippen LogP contribution is 2.12. The van der Waals surface area contributed by atoms with Gasteiger partial charge >= 0.3 is 0 Å². The molecule has 1 aromatic carbocycles. The molecule has 54 valence electrons. The van der Waals surface area contributed by atoms with Gasteiger partial charge in [0.2, 0.25) is 0 Å². The third kappa shape index (κ3) is 1.91. The van der Waals surface area contributed by atoms with Gasteiger partial charge in [-0.05, 0) is 11.6 Å². The Balaban J connectivity index is 2.81. The smallest absolute Gasteiger partial charge is 0.124 e. The molecule has 0 heterocycles. The van der Waals surface area contributed by atoms with Crippen molar-refractivity contribution in [1.82, 2.24) is 0 Å². The molecular weight excluding hydrogens is 244 g/mol. The van der Waals surface area contributed by atoms with Gasteiger partial charge in [0.05, 0.1) is 0 Å². The second kappa shape index (κ2) is 3.88. The van der Waals surface area contributed by atoms with Crippen LogP contribution in [-0.2, 0) is 6.54 Å². The summed E-state index contributed by atoms with van der Waals surface area (Å²) in [5.74, 6) is -0.178. The molecule has 0 aromatic heterocycles. The average molecular weight is 250 g/mol. The molecule has 0 N–H and O–H groups in total. The van der Waals surface area contributed by atoms with Gasteiger partial charge in [-0.1, -0.05) is 18.2 Å². The van der Waals surface area contributed by atoms with E-state index in [0.717, 1.165) is 0 Å². The second-order valence-corrected chi connectivity index (χ2v) is 2.55. The summed E-state index contributed by atoms with van der Waals surface area (Å²) < 4.78 is 16.5. The molecule has 0 radical (unpaired) electrons. The van der Waals surface area contributed by atoms with Gasteiger partial charge in [0.15, 0.2) is 0 Å². The van der Waals surface area contributed by atoms with Gasteiger partial charge in [-0.15, -0.1) is 6.54 Å². The Labute approximate surface area is 73.1 Å². The van der Waals surface area contributed by atoms with E-state index in [1.54, 1.807) is 18.2 Å². The van der Waals surface area contributed by atoms with Crippen molar-refractivity contribution >= 4 is 22.9 Å². The van der Waals surface area contributed by atoms with Crippen molar-refractivity contribution in [1.29, 1.82) is 0 Å². The fourth-order valence-electron chi connectivity index (χ4n) is 0.691. The van der Waals surface area contributed by atoms with Gasteiger partial charge in [0.1, 0.15) is 5.82 Å². The number of benzene rings is 1. The Hall–Kier alpha value is -0.160. The van der Waals surface area contributed by atoms with Crippen LogP contribution in [0.2, 0.25) is 0 Å². The van der Waals surface area contributed by atoms with E-state index in [0.29, 0.717) is 12.1 Å². The Morgan fingerprint density at radius 3 is 2.70 bits per heavy atom. The van der Waals surface area contributed by atoms with Gasteiger partial charge in [-0.3, -0.25) is 0 Å². The standard InChI is InChI=1S/C7H6FIN/c8-7-4-2-1-3-6(7)5-10-9/h1-4H,5H2/q-1. The van der Waals surface area contributed by atoms with E-state index in [-0.39, 0.29) is 5.82 Å². The van der Waals surface area contributed by atoms with Crippen molar-refractivity contribution in [3.05, 3.63) is 39.2 Å². The molecule has 10 heavy (non-hydrogen) atoms. The first-order valence-corrected chi connectivity index (χ1v) is 3.82. The van der Waals surface area contributed by atoms with Crippen molar-refractivity contribution < 1.29 is 4.39 Å². The van der Waals surface area contributed by atoms with Gasteiger partial charge in [0.25, 0.3) is 0 Å². The van der Waals surface area contributed by atoms with Crippen LogP contribution in [-0.4, -0.2) is 0 Å². The van der Waals surface area contributed by atoms with Crippen LogP contribution in [0.25, 0.3) is 3.53 Å². The van der Waals surface area contributed by atoms with Crippen LogP contribution in [0, 0.1) is 5.82 Å². The summed E-state index contributed by atoms with van der Waals surface area (Å²) in [5, 5.41) is 0. The Bertz CT molecular complexity index is 215. The largest absolute Gasteiger partial charge is 0.597 e. The molecule has 0 fully saturated rings. The summed E-state index contributed by atoms with van der Waals surface area (Å²) in [6.45, 7) is 0.452. The van der Waals surface area contributed by atoms with Gasteiger partial charge in [-0.2, -0.15) is 0 Å². The minimum atomic E-state index is -0.178. The molecular formula is C7H6FIN-. The van der Waals surface area contributed by atoms with E-state index in [2.05, 4.69) is 3.53 Å². The zero-order valence-corrected chi connectivity index (χ0v) is 7.38. The van der Waals surface area contributed by atoms with Crippen molar-refractivity contribution in [2.45, 2.75) is 6.54 Å². The predicted octanol–water partition coefficient (Wildman–Crippen LogP) is 3.05. The van der Waals surface area contributed by atoms with Crippen LogP contribution >= 0.6 is 22.9 Å². The van der Waals surface area contributed by atoms with Gasteiger partial charge < -0.3 is 3.53 Å². The molecule has 0 amide bonds. The second-order valence-electron chi connectivity index (χ2n) is 1.87. The maximum atomic E-state index is 12.7. The fourth-order valence-corrected chi connectivity index (χ4v) is 1.06. The zero-order chi connectivity index (χ0) is 7.40. The van der Waals surface area contributed by atoms with Gasteiger partial charge in [-0.25, -0.2) is 27.3 Å². The van der Waals surface area contributed by atoms with E-state index >= 15 is 0 Å². The maximum absolute atomic E-state index is 12.7. The lowest BCUT2D eigenvalue weighted by Gasteiger charge is -2.09. The highest BCUT2D eigenvalue weighted by atomic mass is 127. The minimum Gasteiger partial charge on any atom is -0.597 e. The topological polar surface area (TPSA) is 14.1 Å². The lowest BCUT2D eigenvalue weighted by Crippen LogP contribution is -1.84. The first kappa shape index (κ1) is 7.94. The van der Waals surface area contributed by atoms with E-state index in [1.165, 1.54) is 6.07 Å². The first-order valence-electron chi connectivity index (χ1n) is 2.86. The summed E-state index contributed by atoms with van der Waals surface area (Å²) in [6, 6.07) is 6.65. The molecule has 0 saturated heterocycles. The third-order valence-corrected chi connectivity index (χ3v) is 1.53. The number of halogens is 2. The van der Waals surface area contributed by atoms with E-state index in [1.807, 2.05) is 22.9 Å². The first-order chi connectivity index (χ1) is 4.84. The van der Waals surface area contributed by atoms with Crippen LogP contribution in [0.15, 0.2) is 24.3 Å². The summed E-state index contributed by atoms with van der Waals surface area (Å²) in [7, 11) is 0. The summed E-state index contributed by atoms with van der Waals surface area (Å²) in [5.41, 5.74) is 0.650. The van der Waals surface area contributed by atoms with Crippen LogP contribution in [0.5, 0.6) is 0 Å². The molecule has 1 aromatic rings. The molecule has 1 rings (SSSR count). The van der Waals surface area contributed by atoms with E-state index in [9.17, 15) is 4.39 Å². The molecule has 3 heteroatoms. The summed E-state index contributed by atoms with van der Waals surface area (Å²) >= 11 is 1.87. The van der Waals surface area contributed by atoms with Crippen molar-refractivity contribution in [2.24, 2.45) is 0 Å². The monoisotopic (exact) mass is 250 g/mol. The lowest BCUT2D eigenvalue weighted by atomic mass is 10.2. The highest BCUT2D eigenvalue weighted by molar-refractivity contribution is 14.1. The van der Waals surface area contributed by atoms with Crippen LogP contribution in [0.4, 0.5) is 4.39 Å². The maximum Gasteiger partial charge on any atom is 0.124 e. The molecule has 0 bridgehead atoms. The molecule has 0 unspecified atom stereocenters. The van der Waals surface area contributed by atoms with Crippen LogP contribution < -0.4 is 0 Å². The molecule has 0 aliphatic rings. The zero-order valence-electron chi connectivity index (χ0n) is 5.22. The SMILES string of the molecule is Fc1ccccc1C[N-]I. The average Bonchev–Trinajstić information content (AvgIpc) is 1.94. The van der Waals surface area contributed by atoms with Crippen molar-refractivity contribution in [3.63, 3.8) is 0 Å².